The van der Waals surface area contributed by atoms with E-state index in [9.17, 15) is 0 Å². The van der Waals surface area contributed by atoms with E-state index >= 15 is 0 Å². The van der Waals surface area contributed by atoms with Crippen LogP contribution in [0.3, 0.4) is 0 Å². The Morgan fingerprint density at radius 1 is 1.42 bits per heavy atom. The molecule has 1 heterocycles. The van der Waals surface area contributed by atoms with Crippen LogP contribution < -0.4 is 0 Å². The number of hydrogen-bond acceptors (Lipinski definition) is 4. The van der Waals surface area contributed by atoms with Crippen molar-refractivity contribution in [1.82, 2.24) is 10.1 Å². The molecule has 0 atom stereocenters. The smallest absolute Gasteiger partial charge is 0.252 e. The van der Waals surface area contributed by atoms with E-state index in [-0.39, 0.29) is 5.60 Å². The lowest BCUT2D eigenvalue weighted by Crippen LogP contribution is -2.18. The highest BCUT2D eigenvalue weighted by molar-refractivity contribution is 4.80. The molecule has 0 fully saturated rings. The van der Waals surface area contributed by atoms with E-state index in [0.717, 1.165) is 0 Å². The van der Waals surface area contributed by atoms with E-state index in [2.05, 4.69) is 10.1 Å². The third-order valence-electron chi connectivity index (χ3n) is 1.20. The zero-order valence-electron chi connectivity index (χ0n) is 7.92. The maximum absolute atomic E-state index is 5.43. The Kier molecular flexibility index (Phi) is 2.47. The SMILES string of the molecule is Cc1noc(COC(C)(C)C)n1. The van der Waals surface area contributed by atoms with Crippen molar-refractivity contribution in [2.75, 3.05) is 0 Å². The predicted molar refractivity (Wildman–Crippen MR) is 43.6 cm³/mol. The zero-order valence-corrected chi connectivity index (χ0v) is 7.92. The number of aromatic nitrogens is 2. The van der Waals surface area contributed by atoms with Crippen molar-refractivity contribution in [1.29, 1.82) is 0 Å². The predicted octanol–water partition coefficient (Wildman–Crippen LogP) is 1.69. The molecule has 0 saturated heterocycles. The normalized spacial score (nSPS) is 12.0. The largest absolute Gasteiger partial charge is 0.366 e. The van der Waals surface area contributed by atoms with Gasteiger partial charge in [0.15, 0.2) is 5.82 Å². The lowest BCUT2D eigenvalue weighted by atomic mass is 10.2. The molecule has 0 N–H and O–H groups in total. The lowest BCUT2D eigenvalue weighted by Gasteiger charge is -2.17. The van der Waals surface area contributed by atoms with E-state index in [1.807, 2.05) is 20.8 Å². The molecule has 1 rings (SSSR count). The topological polar surface area (TPSA) is 48.2 Å². The summed E-state index contributed by atoms with van der Waals surface area (Å²) in [5, 5.41) is 3.65. The number of rotatable bonds is 2. The van der Waals surface area contributed by atoms with Gasteiger partial charge in [0, 0.05) is 0 Å². The fourth-order valence-electron chi connectivity index (χ4n) is 0.677. The maximum atomic E-state index is 5.43. The minimum Gasteiger partial charge on any atom is -0.366 e. The van der Waals surface area contributed by atoms with Crippen molar-refractivity contribution in [3.05, 3.63) is 11.7 Å². The van der Waals surface area contributed by atoms with Gasteiger partial charge in [0.25, 0.3) is 5.89 Å². The zero-order chi connectivity index (χ0) is 9.19. The molecule has 0 aromatic carbocycles. The van der Waals surface area contributed by atoms with Gasteiger partial charge < -0.3 is 9.26 Å². The van der Waals surface area contributed by atoms with Gasteiger partial charge in [0.1, 0.15) is 6.61 Å². The van der Waals surface area contributed by atoms with Crippen molar-refractivity contribution in [2.24, 2.45) is 0 Å². The highest BCUT2D eigenvalue weighted by atomic mass is 16.5. The summed E-state index contributed by atoms with van der Waals surface area (Å²) in [6, 6.07) is 0. The van der Waals surface area contributed by atoms with E-state index in [1.165, 1.54) is 0 Å². The minimum atomic E-state index is -0.164. The van der Waals surface area contributed by atoms with Crippen molar-refractivity contribution in [3.8, 4) is 0 Å². The average molecular weight is 170 g/mol. The second kappa shape index (κ2) is 3.23. The maximum Gasteiger partial charge on any atom is 0.252 e. The van der Waals surface area contributed by atoms with Gasteiger partial charge in [-0.15, -0.1) is 0 Å². The van der Waals surface area contributed by atoms with Gasteiger partial charge in [-0.25, -0.2) is 0 Å². The van der Waals surface area contributed by atoms with E-state index in [1.54, 1.807) is 6.92 Å². The van der Waals surface area contributed by atoms with E-state index < -0.39 is 0 Å². The van der Waals surface area contributed by atoms with Crippen LogP contribution in [-0.2, 0) is 11.3 Å². The number of aryl methyl sites for hydroxylation is 1. The lowest BCUT2D eigenvalue weighted by molar-refractivity contribution is -0.0260. The Labute approximate surface area is 71.9 Å². The molecule has 0 saturated carbocycles. The second-order valence-electron chi connectivity index (χ2n) is 3.64. The van der Waals surface area contributed by atoms with E-state index in [0.29, 0.717) is 18.3 Å². The molecule has 0 spiro atoms. The summed E-state index contributed by atoms with van der Waals surface area (Å²) in [6.07, 6.45) is 0. The molecule has 0 aliphatic carbocycles. The first-order valence-corrected chi connectivity index (χ1v) is 3.90. The summed E-state index contributed by atoms with van der Waals surface area (Å²) >= 11 is 0. The Morgan fingerprint density at radius 3 is 2.50 bits per heavy atom. The Morgan fingerprint density at radius 2 is 2.08 bits per heavy atom. The molecule has 1 aromatic heterocycles. The number of ether oxygens (including phenoxy) is 1. The first-order chi connectivity index (χ1) is 5.47. The van der Waals surface area contributed by atoms with Gasteiger partial charge in [-0.2, -0.15) is 4.98 Å². The summed E-state index contributed by atoms with van der Waals surface area (Å²) in [6.45, 7) is 8.11. The molecule has 0 aliphatic rings. The first kappa shape index (κ1) is 9.19. The Bertz CT molecular complexity index is 250. The number of hydrogen-bond donors (Lipinski definition) is 0. The van der Waals surface area contributed by atoms with Crippen LogP contribution >= 0.6 is 0 Å². The molecular formula is C8H14N2O2. The average Bonchev–Trinajstić information content (AvgIpc) is 2.30. The molecule has 12 heavy (non-hydrogen) atoms. The Balaban J connectivity index is 2.44. The molecule has 0 bridgehead atoms. The fourth-order valence-corrected chi connectivity index (χ4v) is 0.677. The second-order valence-corrected chi connectivity index (χ2v) is 3.64. The van der Waals surface area contributed by atoms with Crippen LogP contribution in [0.15, 0.2) is 4.52 Å². The van der Waals surface area contributed by atoms with E-state index in [4.69, 9.17) is 9.26 Å². The summed E-state index contributed by atoms with van der Waals surface area (Å²) in [4.78, 5) is 4.01. The van der Waals surface area contributed by atoms with Crippen molar-refractivity contribution >= 4 is 0 Å². The van der Waals surface area contributed by atoms with Gasteiger partial charge in [-0.3, -0.25) is 0 Å². The summed E-state index contributed by atoms with van der Waals surface area (Å²) in [7, 11) is 0. The molecule has 4 heteroatoms. The molecule has 4 nitrogen and oxygen atoms in total. The van der Waals surface area contributed by atoms with Crippen LogP contribution in [0.1, 0.15) is 32.5 Å². The highest BCUT2D eigenvalue weighted by Gasteiger charge is 2.12. The molecule has 0 unspecified atom stereocenters. The molecule has 0 aliphatic heterocycles. The highest BCUT2D eigenvalue weighted by Crippen LogP contribution is 2.10. The van der Waals surface area contributed by atoms with Gasteiger partial charge in [0.2, 0.25) is 0 Å². The van der Waals surface area contributed by atoms with Crippen molar-refractivity contribution in [2.45, 2.75) is 39.9 Å². The minimum absolute atomic E-state index is 0.164. The van der Waals surface area contributed by atoms with Crippen LogP contribution in [-0.4, -0.2) is 15.7 Å². The van der Waals surface area contributed by atoms with Gasteiger partial charge in [0.05, 0.1) is 5.60 Å². The van der Waals surface area contributed by atoms with Gasteiger partial charge >= 0.3 is 0 Å². The third-order valence-corrected chi connectivity index (χ3v) is 1.20. The summed E-state index contributed by atoms with van der Waals surface area (Å²) < 4.78 is 10.3. The number of nitrogens with zero attached hydrogens (tertiary/aromatic N) is 2. The molecular weight excluding hydrogens is 156 g/mol. The monoisotopic (exact) mass is 170 g/mol. The summed E-state index contributed by atoms with van der Waals surface area (Å²) in [5.74, 6) is 1.17. The van der Waals surface area contributed by atoms with Gasteiger partial charge in [-0.1, -0.05) is 5.16 Å². The fraction of sp³-hybridized carbons (Fsp3) is 0.750. The molecule has 0 amide bonds. The summed E-state index contributed by atoms with van der Waals surface area (Å²) in [5.41, 5.74) is -0.164. The molecule has 0 radical (unpaired) electrons. The van der Waals surface area contributed by atoms with Crippen LogP contribution in [0.25, 0.3) is 0 Å². The standard InChI is InChI=1S/C8H14N2O2/c1-6-9-7(12-10-6)5-11-8(2,3)4/h5H2,1-4H3. The van der Waals surface area contributed by atoms with Crippen molar-refractivity contribution in [3.63, 3.8) is 0 Å². The van der Waals surface area contributed by atoms with Crippen molar-refractivity contribution < 1.29 is 9.26 Å². The van der Waals surface area contributed by atoms with Crippen LogP contribution in [0.2, 0.25) is 0 Å². The van der Waals surface area contributed by atoms with Gasteiger partial charge in [-0.05, 0) is 27.7 Å². The third kappa shape index (κ3) is 3.00. The molecule has 68 valence electrons. The van der Waals surface area contributed by atoms with Crippen LogP contribution in [0.4, 0.5) is 0 Å². The van der Waals surface area contributed by atoms with Crippen LogP contribution in [0.5, 0.6) is 0 Å². The molecule has 1 aromatic rings. The van der Waals surface area contributed by atoms with Crippen LogP contribution in [0, 0.1) is 6.92 Å². The quantitative estimate of drug-likeness (QED) is 0.677. The Hall–Kier alpha value is -0.900. The first-order valence-electron chi connectivity index (χ1n) is 3.90.